The number of Topliss-reactive ketones (excluding diaryl/α,β-unsaturated/α-hetero) is 2. The number of rotatable bonds is 14. The smallest absolute Gasteiger partial charge is 0.228 e. The molecule has 19 heteroatoms. The monoisotopic (exact) mass is 910 g/mol. The van der Waals surface area contributed by atoms with Crippen LogP contribution in [0.3, 0.4) is 0 Å². The Morgan fingerprint density at radius 3 is 1.65 bits per heavy atom. The lowest BCUT2D eigenvalue weighted by Gasteiger charge is -2.17. The molecular weight excluding hydrogens is 862 g/mol. The highest BCUT2D eigenvalue weighted by Crippen LogP contribution is 2.41. The number of methoxy groups -OCH3 is 2. The third-order valence-electron chi connectivity index (χ3n) is 10.3. The van der Waals surface area contributed by atoms with E-state index in [0.717, 1.165) is 25.7 Å². The van der Waals surface area contributed by atoms with Crippen molar-refractivity contribution < 1.29 is 37.4 Å². The van der Waals surface area contributed by atoms with Crippen LogP contribution >= 0.6 is 11.6 Å². The van der Waals surface area contributed by atoms with Crippen molar-refractivity contribution in [1.82, 2.24) is 29.5 Å². The molecule has 340 valence electrons. The van der Waals surface area contributed by atoms with E-state index < -0.39 is 5.82 Å². The zero-order chi connectivity index (χ0) is 46.9. The quantitative estimate of drug-likeness (QED) is 0.0597. The second kappa shape index (κ2) is 21.0. The molecule has 0 bridgehead atoms. The molecule has 0 saturated heterocycles. The first-order valence-electron chi connectivity index (χ1n) is 20.7. The Hall–Kier alpha value is -7.21. The number of pyridine rings is 2. The van der Waals surface area contributed by atoms with Crippen LogP contribution in [-0.4, -0.2) is 67.1 Å². The summed E-state index contributed by atoms with van der Waals surface area (Å²) in [5, 5.41) is 17.1. The molecule has 0 aliphatic heterocycles. The molecule has 65 heavy (non-hydrogen) atoms. The molecule has 2 fully saturated rings. The van der Waals surface area contributed by atoms with Gasteiger partial charge in [0.25, 0.3) is 0 Å². The van der Waals surface area contributed by atoms with Gasteiger partial charge in [-0.1, -0.05) is 25.4 Å². The minimum absolute atomic E-state index is 0.0180. The number of nitrogens with one attached hydrogen (secondary N) is 3. The van der Waals surface area contributed by atoms with Gasteiger partial charge in [-0.05, 0) is 49.9 Å². The van der Waals surface area contributed by atoms with Gasteiger partial charge in [-0.25, -0.2) is 18.7 Å². The largest absolute Gasteiger partial charge is 0.494 e. The Bertz CT molecular complexity index is 2730. The van der Waals surface area contributed by atoms with E-state index in [2.05, 4.69) is 36.1 Å². The van der Waals surface area contributed by atoms with E-state index in [1.54, 1.807) is 68.2 Å². The van der Waals surface area contributed by atoms with Gasteiger partial charge < -0.3 is 31.2 Å². The van der Waals surface area contributed by atoms with Crippen LogP contribution in [0, 0.1) is 23.5 Å². The van der Waals surface area contributed by atoms with E-state index in [1.807, 2.05) is 0 Å². The van der Waals surface area contributed by atoms with E-state index in [4.69, 9.17) is 26.8 Å². The summed E-state index contributed by atoms with van der Waals surface area (Å²) < 4.78 is 42.3. The number of hydrogen-bond acceptors (Lipinski definition) is 12. The van der Waals surface area contributed by atoms with Crippen LogP contribution in [0.25, 0.3) is 22.3 Å². The number of anilines is 5. The fourth-order valence-corrected chi connectivity index (χ4v) is 6.79. The first kappa shape index (κ1) is 47.3. The zero-order valence-corrected chi connectivity index (χ0v) is 37.4. The molecule has 2 saturated carbocycles. The average molecular weight is 911 g/mol. The summed E-state index contributed by atoms with van der Waals surface area (Å²) in [6.45, 7) is 3.52. The van der Waals surface area contributed by atoms with Crippen molar-refractivity contribution in [3.05, 3.63) is 101 Å². The molecule has 2 aliphatic carbocycles. The number of aromatic nitrogens is 6. The second-order valence-corrected chi connectivity index (χ2v) is 15.6. The maximum atomic E-state index is 14.7. The maximum Gasteiger partial charge on any atom is 0.228 e. The van der Waals surface area contributed by atoms with Gasteiger partial charge in [0, 0.05) is 86.8 Å². The minimum atomic E-state index is -0.461. The molecule has 2 aromatic carbocycles. The SMILES string of the molecule is CCC(=O)c1cnc(NC(=O)C2CC2)cc1Cl.CCC(=O)c1cnc(NC(=O)C2CC2)cc1Nc1ccc(F)c(-c2cnn(C)c2)c1OC.COc1c(N)ccc(F)c1-c1cnn(C)c1. The molecule has 6 aromatic rings. The van der Waals surface area contributed by atoms with Crippen molar-refractivity contribution in [2.45, 2.75) is 52.4 Å². The predicted octanol–water partition coefficient (Wildman–Crippen LogP) is 8.81. The van der Waals surface area contributed by atoms with Crippen LogP contribution in [0.2, 0.25) is 5.02 Å². The number of carbonyl (C=O) groups is 4. The normalized spacial score (nSPS) is 12.8. The van der Waals surface area contributed by atoms with E-state index in [0.29, 0.717) is 73.7 Å². The molecule has 0 radical (unpaired) electrons. The van der Waals surface area contributed by atoms with Gasteiger partial charge in [-0.15, -0.1) is 0 Å². The summed E-state index contributed by atoms with van der Waals surface area (Å²) in [5.41, 5.74) is 9.60. The van der Waals surface area contributed by atoms with Gasteiger partial charge in [-0.2, -0.15) is 10.2 Å². The van der Waals surface area contributed by atoms with Crippen LogP contribution in [-0.2, 0) is 23.7 Å². The number of aryl methyl sites for hydroxylation is 2. The first-order valence-corrected chi connectivity index (χ1v) is 21.1. The molecule has 5 N–H and O–H groups in total. The number of halogens is 3. The predicted molar refractivity (Wildman–Crippen MR) is 243 cm³/mol. The van der Waals surface area contributed by atoms with Gasteiger partial charge in [0.1, 0.15) is 23.3 Å². The number of ketones is 2. The summed E-state index contributed by atoms with van der Waals surface area (Å²) in [4.78, 5) is 55.9. The van der Waals surface area contributed by atoms with Crippen molar-refractivity contribution >= 4 is 63.7 Å². The Morgan fingerprint density at radius 1 is 0.708 bits per heavy atom. The Balaban J connectivity index is 0.000000178. The van der Waals surface area contributed by atoms with Crippen molar-refractivity contribution in [1.29, 1.82) is 0 Å². The molecule has 4 heterocycles. The molecule has 0 atom stereocenters. The average Bonchev–Trinajstić information content (AvgIpc) is 4.24. The van der Waals surface area contributed by atoms with Gasteiger partial charge >= 0.3 is 0 Å². The lowest BCUT2D eigenvalue weighted by atomic mass is 10.0. The number of carbonyl (C=O) groups excluding carboxylic acids is 4. The third-order valence-corrected chi connectivity index (χ3v) is 10.6. The Labute approximate surface area is 378 Å². The van der Waals surface area contributed by atoms with Crippen LogP contribution in [0.4, 0.5) is 37.5 Å². The number of benzene rings is 2. The highest BCUT2D eigenvalue weighted by atomic mass is 35.5. The minimum Gasteiger partial charge on any atom is -0.494 e. The van der Waals surface area contributed by atoms with Gasteiger partial charge in [0.15, 0.2) is 23.1 Å². The first-order chi connectivity index (χ1) is 31.1. The lowest BCUT2D eigenvalue weighted by Crippen LogP contribution is -2.15. The molecule has 16 nitrogen and oxygen atoms in total. The van der Waals surface area contributed by atoms with Gasteiger partial charge in [0.05, 0.1) is 71.0 Å². The van der Waals surface area contributed by atoms with Crippen LogP contribution < -0.4 is 31.2 Å². The number of nitrogens with zero attached hydrogens (tertiary/aromatic N) is 6. The zero-order valence-electron chi connectivity index (χ0n) is 36.7. The standard InChI is InChI=1S/C23H24FN5O3.C12H13ClN2O2.C11H12FN3O/c1-4-19(30)15-11-25-20(28-23(31)13-5-6-13)9-18(15)27-17-8-7-16(24)21(22(17)32-3)14-10-26-29(2)12-14;1-2-10(16)8-6-14-11(5-9(8)13)15-12(17)7-3-4-7;1-15-6-7(5-14-15)10-8(12)3-4-9(13)11(10)16-2/h7-13H,4-6H2,1-3H3,(H2,25,27,28,31);5-7H,2-4H2,1H3,(H,14,15,17);3-6H,13H2,1-2H3. The van der Waals surface area contributed by atoms with Crippen molar-refractivity contribution in [3.63, 3.8) is 0 Å². The van der Waals surface area contributed by atoms with Crippen LogP contribution in [0.1, 0.15) is 73.1 Å². The van der Waals surface area contributed by atoms with Crippen molar-refractivity contribution in [2.24, 2.45) is 25.9 Å². The number of hydrogen-bond donors (Lipinski definition) is 4. The summed E-state index contributed by atoms with van der Waals surface area (Å²) in [6, 6.07) is 8.79. The van der Waals surface area contributed by atoms with E-state index in [9.17, 15) is 28.0 Å². The molecule has 2 amide bonds. The van der Waals surface area contributed by atoms with E-state index >= 15 is 0 Å². The molecule has 4 aromatic heterocycles. The molecule has 0 unspecified atom stereocenters. The lowest BCUT2D eigenvalue weighted by molar-refractivity contribution is -0.118. The van der Waals surface area contributed by atoms with E-state index in [1.165, 1.54) is 56.9 Å². The van der Waals surface area contributed by atoms with E-state index in [-0.39, 0.29) is 58.8 Å². The molecule has 8 rings (SSSR count). The summed E-state index contributed by atoms with van der Waals surface area (Å²) in [6.07, 6.45) is 13.6. The summed E-state index contributed by atoms with van der Waals surface area (Å²) in [7, 11) is 6.42. The molecule has 2 aliphatic rings. The van der Waals surface area contributed by atoms with Crippen LogP contribution in [0.5, 0.6) is 11.5 Å². The number of nitrogen functional groups attached to an aromatic ring is 1. The van der Waals surface area contributed by atoms with Crippen molar-refractivity contribution in [2.75, 3.05) is 35.9 Å². The summed E-state index contributed by atoms with van der Waals surface area (Å²) >= 11 is 5.97. The Kier molecular flexibility index (Phi) is 15.3. The molecule has 0 spiro atoms. The van der Waals surface area contributed by atoms with Crippen LogP contribution in [0.15, 0.2) is 73.6 Å². The summed E-state index contributed by atoms with van der Waals surface area (Å²) in [5.74, 6) is 0.371. The number of ether oxygens (including phenoxy) is 2. The Morgan fingerprint density at radius 2 is 1.18 bits per heavy atom. The number of amides is 2. The third kappa shape index (κ3) is 11.7. The van der Waals surface area contributed by atoms with Gasteiger partial charge in [0.2, 0.25) is 11.8 Å². The highest BCUT2D eigenvalue weighted by molar-refractivity contribution is 6.34. The number of nitrogens with two attached hydrogens (primary N) is 1. The van der Waals surface area contributed by atoms with Gasteiger partial charge in [-0.3, -0.25) is 28.5 Å². The van der Waals surface area contributed by atoms with Crippen molar-refractivity contribution in [3.8, 4) is 33.8 Å². The molecular formula is C46H49ClF2N10O6. The fraction of sp³-hybridized carbons (Fsp3) is 0.304. The topological polar surface area (TPSA) is 210 Å². The highest BCUT2D eigenvalue weighted by Gasteiger charge is 2.31. The fourth-order valence-electron chi connectivity index (χ4n) is 6.53. The maximum absolute atomic E-state index is 14.7. The second-order valence-electron chi connectivity index (χ2n) is 15.2.